The molecular formula is C65H126O17P2. The fourth-order valence-electron chi connectivity index (χ4n) is 9.76. The van der Waals surface area contributed by atoms with Crippen molar-refractivity contribution in [3.05, 3.63) is 0 Å². The molecule has 0 rings (SSSR count). The van der Waals surface area contributed by atoms with Gasteiger partial charge in [0.15, 0.2) is 12.2 Å². The van der Waals surface area contributed by atoms with Crippen molar-refractivity contribution in [3.63, 3.8) is 0 Å². The van der Waals surface area contributed by atoms with E-state index in [0.29, 0.717) is 25.7 Å². The zero-order valence-electron chi connectivity index (χ0n) is 54.0. The van der Waals surface area contributed by atoms with Crippen molar-refractivity contribution in [2.24, 2.45) is 5.92 Å². The van der Waals surface area contributed by atoms with Crippen LogP contribution in [0.4, 0.5) is 0 Å². The number of ether oxygens (including phenoxy) is 4. The zero-order valence-corrected chi connectivity index (χ0v) is 55.8. The maximum absolute atomic E-state index is 13.0. The molecule has 2 unspecified atom stereocenters. The van der Waals surface area contributed by atoms with Crippen LogP contribution in [-0.2, 0) is 65.4 Å². The molecule has 0 aromatic carbocycles. The summed E-state index contributed by atoms with van der Waals surface area (Å²) in [6, 6.07) is 0. The van der Waals surface area contributed by atoms with Gasteiger partial charge in [-0.2, -0.15) is 0 Å². The third-order valence-corrected chi connectivity index (χ3v) is 16.9. The highest BCUT2D eigenvalue weighted by Crippen LogP contribution is 2.45. The van der Waals surface area contributed by atoms with E-state index in [9.17, 15) is 43.2 Å². The molecule has 0 aromatic heterocycles. The Bertz CT molecular complexity index is 1640. The van der Waals surface area contributed by atoms with Gasteiger partial charge in [0, 0.05) is 25.7 Å². The Balaban J connectivity index is 5.14. The second-order valence-electron chi connectivity index (χ2n) is 24.0. The first-order chi connectivity index (χ1) is 40.5. The molecule has 0 aliphatic carbocycles. The monoisotopic (exact) mass is 1240 g/mol. The van der Waals surface area contributed by atoms with Crippen LogP contribution in [0.5, 0.6) is 0 Å². The van der Waals surface area contributed by atoms with Crippen LogP contribution in [-0.4, -0.2) is 96.7 Å². The molecule has 3 N–H and O–H groups in total. The van der Waals surface area contributed by atoms with Crippen molar-refractivity contribution >= 4 is 39.5 Å². The molecule has 498 valence electrons. The standard InChI is InChI=1S/C65H126O17P2/c1-6-9-12-15-17-19-20-21-22-23-24-25-28-32-36-41-46-51-65(70)82-61(55-76-63(68)49-44-39-35-31-29-26-27-30-33-38-42-47-58(4)5)57-80-84(73,74)78-53-59(66)52-77-83(71,72)79-56-60(54-75-62(67)48-43-37-14-11-8-3)81-64(69)50-45-40-34-18-16-13-10-7-2/h58-61,66H,6-57H2,1-5H3,(H,71,72)(H,73,74)/t59-,60+,61+/m0/s1. The van der Waals surface area contributed by atoms with Gasteiger partial charge < -0.3 is 33.8 Å². The number of esters is 4. The maximum Gasteiger partial charge on any atom is 0.472 e. The van der Waals surface area contributed by atoms with Crippen LogP contribution < -0.4 is 0 Å². The van der Waals surface area contributed by atoms with Gasteiger partial charge >= 0.3 is 39.5 Å². The summed E-state index contributed by atoms with van der Waals surface area (Å²) < 4.78 is 67.8. The second-order valence-corrected chi connectivity index (χ2v) is 26.9. The summed E-state index contributed by atoms with van der Waals surface area (Å²) in [6.07, 6.45) is 43.5. The molecule has 0 radical (unpaired) electrons. The van der Waals surface area contributed by atoms with E-state index in [4.69, 9.17) is 37.0 Å². The quantitative estimate of drug-likeness (QED) is 0.0222. The van der Waals surface area contributed by atoms with Crippen molar-refractivity contribution < 1.29 is 80.2 Å². The van der Waals surface area contributed by atoms with Crippen LogP contribution in [0.1, 0.15) is 330 Å². The number of aliphatic hydroxyl groups excluding tert-OH is 1. The summed E-state index contributed by atoms with van der Waals surface area (Å²) in [5.41, 5.74) is 0. The number of unbranched alkanes of at least 4 members (excludes halogenated alkanes) is 37. The number of phosphoric ester groups is 2. The molecule has 0 aliphatic rings. The fourth-order valence-corrected chi connectivity index (χ4v) is 11.3. The SMILES string of the molecule is CCCCCCCCCCCCCCCCCCCC(=O)O[C@H](COC(=O)CCCCCCCCCCCCCC(C)C)COP(=O)(O)OC[C@@H](O)COP(=O)(O)OC[C@@H](COC(=O)CCCCCCC)OC(=O)CCCCCCCCCC. The third-order valence-electron chi connectivity index (χ3n) is 15.0. The Labute approximate surface area is 511 Å². The van der Waals surface area contributed by atoms with Gasteiger partial charge in [-0.3, -0.25) is 37.3 Å². The third kappa shape index (κ3) is 59.0. The predicted octanol–water partition coefficient (Wildman–Crippen LogP) is 18.2. The molecule has 0 saturated carbocycles. The Hall–Kier alpha value is -1.94. The molecule has 17 nitrogen and oxygen atoms in total. The molecule has 0 amide bonds. The molecule has 19 heteroatoms. The van der Waals surface area contributed by atoms with E-state index < -0.39 is 97.5 Å². The van der Waals surface area contributed by atoms with Gasteiger partial charge in [0.1, 0.15) is 19.3 Å². The van der Waals surface area contributed by atoms with Crippen molar-refractivity contribution in [1.82, 2.24) is 0 Å². The van der Waals surface area contributed by atoms with Gasteiger partial charge in [-0.05, 0) is 31.6 Å². The van der Waals surface area contributed by atoms with Gasteiger partial charge in [-0.1, -0.05) is 279 Å². The lowest BCUT2D eigenvalue weighted by Gasteiger charge is -2.21. The van der Waals surface area contributed by atoms with E-state index in [1.54, 1.807) is 0 Å². The van der Waals surface area contributed by atoms with E-state index in [0.717, 1.165) is 109 Å². The number of phosphoric acid groups is 2. The van der Waals surface area contributed by atoms with E-state index >= 15 is 0 Å². The van der Waals surface area contributed by atoms with Crippen molar-refractivity contribution in [3.8, 4) is 0 Å². The summed E-state index contributed by atoms with van der Waals surface area (Å²) >= 11 is 0. The first kappa shape index (κ1) is 82.1. The summed E-state index contributed by atoms with van der Waals surface area (Å²) in [5, 5.41) is 10.5. The summed E-state index contributed by atoms with van der Waals surface area (Å²) in [5.74, 6) is -1.37. The molecule has 0 saturated heterocycles. The lowest BCUT2D eigenvalue weighted by atomic mass is 10.0. The van der Waals surface area contributed by atoms with Crippen LogP contribution in [0.2, 0.25) is 0 Å². The number of aliphatic hydroxyl groups is 1. The first-order valence-electron chi connectivity index (χ1n) is 34.1. The minimum absolute atomic E-state index is 0.104. The Morgan fingerprint density at radius 1 is 0.321 bits per heavy atom. The van der Waals surface area contributed by atoms with Crippen molar-refractivity contribution in [1.29, 1.82) is 0 Å². The Morgan fingerprint density at radius 2 is 0.548 bits per heavy atom. The molecule has 0 fully saturated rings. The number of hydrogen-bond donors (Lipinski definition) is 3. The van der Waals surface area contributed by atoms with E-state index in [-0.39, 0.29) is 25.7 Å². The summed E-state index contributed by atoms with van der Waals surface area (Å²) in [6.45, 7) is 7.10. The molecular weight excluding hydrogens is 1110 g/mol. The number of rotatable bonds is 65. The molecule has 0 aromatic rings. The Morgan fingerprint density at radius 3 is 0.810 bits per heavy atom. The lowest BCUT2D eigenvalue weighted by molar-refractivity contribution is -0.161. The summed E-state index contributed by atoms with van der Waals surface area (Å²) in [7, 11) is -9.88. The van der Waals surface area contributed by atoms with Crippen LogP contribution in [0.15, 0.2) is 0 Å². The summed E-state index contributed by atoms with van der Waals surface area (Å²) in [4.78, 5) is 71.9. The first-order valence-corrected chi connectivity index (χ1v) is 37.1. The molecule has 84 heavy (non-hydrogen) atoms. The van der Waals surface area contributed by atoms with Crippen molar-refractivity contribution in [2.45, 2.75) is 348 Å². The molecule has 0 aliphatic heterocycles. The van der Waals surface area contributed by atoms with Crippen LogP contribution in [0.25, 0.3) is 0 Å². The van der Waals surface area contributed by atoms with Gasteiger partial charge in [0.2, 0.25) is 0 Å². The topological polar surface area (TPSA) is 237 Å². The fraction of sp³-hybridized carbons (Fsp3) is 0.938. The highest BCUT2D eigenvalue weighted by Gasteiger charge is 2.30. The predicted molar refractivity (Wildman–Crippen MR) is 335 cm³/mol. The molecule has 0 spiro atoms. The average molecular weight is 1240 g/mol. The highest BCUT2D eigenvalue weighted by atomic mass is 31.2. The van der Waals surface area contributed by atoms with Crippen LogP contribution in [0, 0.1) is 5.92 Å². The normalized spacial score (nSPS) is 14.2. The molecule has 5 atom stereocenters. The number of carbonyl (C=O) groups is 4. The van der Waals surface area contributed by atoms with E-state index in [2.05, 4.69) is 34.6 Å². The zero-order chi connectivity index (χ0) is 62.0. The average Bonchev–Trinajstić information content (AvgIpc) is 3.49. The minimum atomic E-state index is -4.94. The van der Waals surface area contributed by atoms with Gasteiger partial charge in [-0.25, -0.2) is 9.13 Å². The molecule has 0 bridgehead atoms. The van der Waals surface area contributed by atoms with Gasteiger partial charge in [0.25, 0.3) is 0 Å². The van der Waals surface area contributed by atoms with E-state index in [1.165, 1.54) is 141 Å². The van der Waals surface area contributed by atoms with Gasteiger partial charge in [-0.15, -0.1) is 0 Å². The van der Waals surface area contributed by atoms with Crippen LogP contribution in [0.3, 0.4) is 0 Å². The highest BCUT2D eigenvalue weighted by molar-refractivity contribution is 7.47. The van der Waals surface area contributed by atoms with E-state index in [1.807, 2.05) is 0 Å². The number of hydrogen-bond acceptors (Lipinski definition) is 15. The number of carbonyl (C=O) groups excluding carboxylic acids is 4. The van der Waals surface area contributed by atoms with Crippen LogP contribution >= 0.6 is 15.6 Å². The smallest absolute Gasteiger partial charge is 0.462 e. The molecule has 0 heterocycles. The van der Waals surface area contributed by atoms with Gasteiger partial charge in [0.05, 0.1) is 26.4 Å². The lowest BCUT2D eigenvalue weighted by Crippen LogP contribution is -2.30. The largest absolute Gasteiger partial charge is 0.472 e. The second kappa shape index (κ2) is 58.7. The Kier molecular flexibility index (Phi) is 57.4. The minimum Gasteiger partial charge on any atom is -0.462 e. The van der Waals surface area contributed by atoms with Crippen molar-refractivity contribution in [2.75, 3.05) is 39.6 Å². The maximum atomic E-state index is 13.0.